The van der Waals surface area contributed by atoms with Gasteiger partial charge in [-0.15, -0.1) is 0 Å². The predicted octanol–water partition coefficient (Wildman–Crippen LogP) is 1.86. The number of amides is 1. The highest BCUT2D eigenvalue weighted by molar-refractivity contribution is 7.89. The maximum Gasteiger partial charge on any atom is 0.257 e. The number of hydrogen-bond acceptors (Lipinski definition) is 5. The van der Waals surface area contributed by atoms with E-state index in [1.54, 1.807) is 34.2 Å². The molecule has 2 fully saturated rings. The van der Waals surface area contributed by atoms with Gasteiger partial charge in [0.25, 0.3) is 5.91 Å². The summed E-state index contributed by atoms with van der Waals surface area (Å²) < 4.78 is 43.0. The number of carbonyl (C=O) groups excluding carboxylic acids is 1. The van der Waals surface area contributed by atoms with E-state index >= 15 is 0 Å². The molecule has 0 N–H and O–H groups in total. The summed E-state index contributed by atoms with van der Waals surface area (Å²) in [5, 5.41) is 4.23. The Balaban J connectivity index is 1.32. The standard InChI is InChI=1S/C21H20FN5O3S/c1-14-18(22)5-2-6-20(14)31(29,30)27-12-16-10-25(13-19(16)27)21(28)15-8-24-26(11-15)17-4-3-7-23-9-17/h2-9,11,16,19H,10,12-13H2,1H3/t16-,19+/m0/s1. The molecule has 10 heteroatoms. The highest BCUT2D eigenvalue weighted by Crippen LogP contribution is 2.38. The van der Waals surface area contributed by atoms with E-state index in [4.69, 9.17) is 0 Å². The molecule has 31 heavy (non-hydrogen) atoms. The first kappa shape index (κ1) is 19.8. The fourth-order valence-electron chi connectivity index (χ4n) is 4.27. The second-order valence-corrected chi connectivity index (χ2v) is 9.72. The molecule has 8 nitrogen and oxygen atoms in total. The Labute approximate surface area is 179 Å². The lowest BCUT2D eigenvalue weighted by Crippen LogP contribution is -2.57. The fraction of sp³-hybridized carbons (Fsp3) is 0.286. The van der Waals surface area contributed by atoms with Crippen molar-refractivity contribution < 1.29 is 17.6 Å². The summed E-state index contributed by atoms with van der Waals surface area (Å²) in [5.41, 5.74) is 1.28. The Hall–Kier alpha value is -3.11. The summed E-state index contributed by atoms with van der Waals surface area (Å²) in [5.74, 6) is -0.670. The number of carbonyl (C=O) groups is 1. The first-order chi connectivity index (χ1) is 14.9. The molecular formula is C21H20FN5O3S. The lowest BCUT2D eigenvalue weighted by Gasteiger charge is -2.42. The number of hydrogen-bond donors (Lipinski definition) is 0. The van der Waals surface area contributed by atoms with Gasteiger partial charge in [0, 0.05) is 49.6 Å². The van der Waals surface area contributed by atoms with Gasteiger partial charge in [0.15, 0.2) is 0 Å². The van der Waals surface area contributed by atoms with E-state index < -0.39 is 15.8 Å². The van der Waals surface area contributed by atoms with Crippen LogP contribution in [0.2, 0.25) is 0 Å². The molecule has 2 atom stereocenters. The van der Waals surface area contributed by atoms with Gasteiger partial charge in [0.05, 0.1) is 28.5 Å². The van der Waals surface area contributed by atoms with E-state index in [1.807, 2.05) is 6.07 Å². The molecule has 0 aliphatic carbocycles. The zero-order chi connectivity index (χ0) is 21.8. The van der Waals surface area contributed by atoms with Crippen molar-refractivity contribution in [3.63, 3.8) is 0 Å². The van der Waals surface area contributed by atoms with Crippen LogP contribution in [0, 0.1) is 18.7 Å². The van der Waals surface area contributed by atoms with Crippen molar-refractivity contribution in [1.82, 2.24) is 24.0 Å². The quantitative estimate of drug-likeness (QED) is 0.617. The second kappa shape index (κ2) is 7.24. The zero-order valence-corrected chi connectivity index (χ0v) is 17.5. The van der Waals surface area contributed by atoms with E-state index in [2.05, 4.69) is 10.1 Å². The fourth-order valence-corrected chi connectivity index (χ4v) is 6.24. The van der Waals surface area contributed by atoms with E-state index in [1.165, 1.54) is 35.6 Å². The van der Waals surface area contributed by atoms with Crippen molar-refractivity contribution in [1.29, 1.82) is 0 Å². The van der Waals surface area contributed by atoms with Gasteiger partial charge in [0.2, 0.25) is 10.0 Å². The molecule has 2 saturated heterocycles. The maximum atomic E-state index is 13.9. The Morgan fingerprint density at radius 3 is 2.74 bits per heavy atom. The third kappa shape index (κ3) is 3.22. The predicted molar refractivity (Wildman–Crippen MR) is 110 cm³/mol. The number of aromatic nitrogens is 3. The van der Waals surface area contributed by atoms with Crippen molar-refractivity contribution in [3.8, 4) is 5.69 Å². The summed E-state index contributed by atoms with van der Waals surface area (Å²) in [7, 11) is -3.82. The van der Waals surface area contributed by atoms with Crippen molar-refractivity contribution in [2.45, 2.75) is 17.9 Å². The van der Waals surface area contributed by atoms with Crippen molar-refractivity contribution in [2.75, 3.05) is 19.6 Å². The number of pyridine rings is 1. The molecule has 1 aromatic carbocycles. The topological polar surface area (TPSA) is 88.4 Å². The van der Waals surface area contributed by atoms with Crippen LogP contribution >= 0.6 is 0 Å². The van der Waals surface area contributed by atoms with E-state index in [9.17, 15) is 17.6 Å². The summed E-state index contributed by atoms with van der Waals surface area (Å²) in [6.07, 6.45) is 6.45. The Morgan fingerprint density at radius 2 is 1.97 bits per heavy atom. The summed E-state index contributed by atoms with van der Waals surface area (Å²) >= 11 is 0. The first-order valence-electron chi connectivity index (χ1n) is 9.87. The van der Waals surface area contributed by atoms with Gasteiger partial charge < -0.3 is 4.90 Å². The number of halogens is 1. The number of likely N-dealkylation sites (tertiary alicyclic amines) is 1. The number of nitrogens with zero attached hydrogens (tertiary/aromatic N) is 5. The molecule has 0 radical (unpaired) electrons. The highest BCUT2D eigenvalue weighted by atomic mass is 32.2. The first-order valence-corrected chi connectivity index (χ1v) is 11.3. The average Bonchev–Trinajstić information content (AvgIpc) is 3.36. The average molecular weight is 441 g/mol. The third-order valence-electron chi connectivity index (χ3n) is 6.02. The third-order valence-corrected chi connectivity index (χ3v) is 8.06. The molecule has 0 bridgehead atoms. The van der Waals surface area contributed by atoms with Crippen molar-refractivity contribution >= 4 is 15.9 Å². The smallest absolute Gasteiger partial charge is 0.257 e. The molecule has 2 aliphatic rings. The van der Waals surface area contributed by atoms with Gasteiger partial charge in [-0.2, -0.15) is 9.40 Å². The molecule has 4 heterocycles. The normalized spacial score (nSPS) is 21.0. The van der Waals surface area contributed by atoms with Gasteiger partial charge in [-0.05, 0) is 31.2 Å². The molecule has 5 rings (SSSR count). The Morgan fingerprint density at radius 1 is 1.13 bits per heavy atom. The second-order valence-electron chi connectivity index (χ2n) is 7.86. The Bertz CT molecular complexity index is 1260. The minimum atomic E-state index is -3.82. The maximum absolute atomic E-state index is 13.9. The Kier molecular flexibility index (Phi) is 4.63. The van der Waals surface area contributed by atoms with Crippen LogP contribution in [-0.4, -0.2) is 64.0 Å². The van der Waals surface area contributed by atoms with Crippen LogP contribution in [0.3, 0.4) is 0 Å². The van der Waals surface area contributed by atoms with Crippen LogP contribution < -0.4 is 0 Å². The van der Waals surface area contributed by atoms with Gasteiger partial charge >= 0.3 is 0 Å². The van der Waals surface area contributed by atoms with Crippen molar-refractivity contribution in [2.24, 2.45) is 5.92 Å². The van der Waals surface area contributed by atoms with E-state index in [0.717, 1.165) is 5.69 Å². The summed E-state index contributed by atoms with van der Waals surface area (Å²) in [6, 6.07) is 7.38. The molecule has 0 spiro atoms. The van der Waals surface area contributed by atoms with E-state index in [-0.39, 0.29) is 28.3 Å². The lowest BCUT2D eigenvalue weighted by molar-refractivity contribution is 0.0788. The molecule has 160 valence electrons. The minimum absolute atomic E-state index is 0.0199. The molecule has 3 aromatic rings. The lowest BCUT2D eigenvalue weighted by atomic mass is 9.96. The number of sulfonamides is 1. The van der Waals surface area contributed by atoms with Crippen LogP contribution in [0.5, 0.6) is 0 Å². The largest absolute Gasteiger partial charge is 0.337 e. The van der Waals surface area contributed by atoms with Crippen molar-refractivity contribution in [3.05, 3.63) is 72.1 Å². The zero-order valence-electron chi connectivity index (χ0n) is 16.7. The molecule has 0 saturated carbocycles. The van der Waals surface area contributed by atoms with Crippen LogP contribution in [0.4, 0.5) is 4.39 Å². The summed E-state index contributed by atoms with van der Waals surface area (Å²) in [4.78, 5) is 18.7. The van der Waals surface area contributed by atoms with Gasteiger partial charge in [-0.25, -0.2) is 17.5 Å². The van der Waals surface area contributed by atoms with Crippen LogP contribution in [0.15, 0.2) is 60.0 Å². The van der Waals surface area contributed by atoms with Gasteiger partial charge in [0.1, 0.15) is 5.82 Å². The number of benzene rings is 1. The SMILES string of the molecule is Cc1c(F)cccc1S(=O)(=O)N1C[C@@H]2CN(C(=O)c3cnn(-c4cccnc4)c3)C[C@H]21. The summed E-state index contributed by atoms with van der Waals surface area (Å²) in [6.45, 7) is 2.57. The number of rotatable bonds is 4. The highest BCUT2D eigenvalue weighted by Gasteiger charge is 2.52. The monoisotopic (exact) mass is 441 g/mol. The van der Waals surface area contributed by atoms with Gasteiger partial charge in [-0.3, -0.25) is 9.78 Å². The molecule has 2 aliphatic heterocycles. The number of fused-ring (bicyclic) bond motifs is 1. The molecule has 0 unspecified atom stereocenters. The van der Waals surface area contributed by atoms with Gasteiger partial charge in [-0.1, -0.05) is 6.07 Å². The van der Waals surface area contributed by atoms with Crippen LogP contribution in [0.1, 0.15) is 15.9 Å². The molecular weight excluding hydrogens is 421 g/mol. The molecule has 2 aromatic heterocycles. The molecule has 1 amide bonds. The minimum Gasteiger partial charge on any atom is -0.337 e. The van der Waals surface area contributed by atoms with Crippen LogP contribution in [-0.2, 0) is 10.0 Å². The van der Waals surface area contributed by atoms with Crippen LogP contribution in [0.25, 0.3) is 5.69 Å². The van der Waals surface area contributed by atoms with E-state index in [0.29, 0.717) is 25.2 Å².